The van der Waals surface area contributed by atoms with Crippen LogP contribution in [-0.4, -0.2) is 27.2 Å². The third kappa shape index (κ3) is 3.42. The first-order valence-corrected chi connectivity index (χ1v) is 8.78. The predicted molar refractivity (Wildman–Crippen MR) is 91.7 cm³/mol. The number of benzene rings is 1. The van der Waals surface area contributed by atoms with Gasteiger partial charge in [0.25, 0.3) is 0 Å². The summed E-state index contributed by atoms with van der Waals surface area (Å²) in [7, 11) is 0. The SMILES string of the molecule is CCCCCCOC(=O)n1c(-c2cscn2)nc2ccccc21. The van der Waals surface area contributed by atoms with Gasteiger partial charge in [0.15, 0.2) is 5.82 Å². The van der Waals surface area contributed by atoms with E-state index in [9.17, 15) is 4.79 Å². The summed E-state index contributed by atoms with van der Waals surface area (Å²) >= 11 is 1.48. The van der Waals surface area contributed by atoms with Crippen LogP contribution in [0.1, 0.15) is 32.6 Å². The first kappa shape index (κ1) is 15.7. The van der Waals surface area contributed by atoms with Crippen LogP contribution in [0.3, 0.4) is 0 Å². The summed E-state index contributed by atoms with van der Waals surface area (Å²) in [6.07, 6.45) is 3.90. The number of hydrogen-bond donors (Lipinski definition) is 0. The minimum atomic E-state index is -0.391. The van der Waals surface area contributed by atoms with E-state index in [1.807, 2.05) is 29.6 Å². The van der Waals surface area contributed by atoms with E-state index < -0.39 is 6.09 Å². The number of thiazole rings is 1. The number of hydrogen-bond acceptors (Lipinski definition) is 5. The molecule has 0 saturated heterocycles. The van der Waals surface area contributed by atoms with Crippen LogP contribution in [0.4, 0.5) is 4.79 Å². The highest BCUT2D eigenvalue weighted by Crippen LogP contribution is 2.24. The Kier molecular flexibility index (Phi) is 5.02. The molecule has 0 aliphatic carbocycles. The normalized spacial score (nSPS) is 11.0. The molecule has 3 rings (SSSR count). The highest BCUT2D eigenvalue weighted by Gasteiger charge is 2.20. The Morgan fingerprint density at radius 2 is 2.13 bits per heavy atom. The van der Waals surface area contributed by atoms with Gasteiger partial charge in [-0.3, -0.25) is 0 Å². The Labute approximate surface area is 138 Å². The van der Waals surface area contributed by atoms with Gasteiger partial charge in [-0.2, -0.15) is 0 Å². The Morgan fingerprint density at radius 3 is 2.91 bits per heavy atom. The molecule has 0 aliphatic heterocycles. The minimum absolute atomic E-state index is 0.391. The van der Waals surface area contributed by atoms with Crippen LogP contribution in [-0.2, 0) is 4.74 Å². The highest BCUT2D eigenvalue weighted by atomic mass is 32.1. The van der Waals surface area contributed by atoms with E-state index in [1.165, 1.54) is 15.9 Å². The molecule has 0 unspecified atom stereocenters. The number of rotatable bonds is 6. The fraction of sp³-hybridized carbons (Fsp3) is 0.353. The summed E-state index contributed by atoms with van der Waals surface area (Å²) < 4.78 is 6.96. The molecule has 0 saturated carbocycles. The molecule has 0 fully saturated rings. The van der Waals surface area contributed by atoms with Gasteiger partial charge in [-0.05, 0) is 18.6 Å². The fourth-order valence-corrected chi connectivity index (χ4v) is 2.99. The van der Waals surface area contributed by atoms with Crippen molar-refractivity contribution in [2.45, 2.75) is 32.6 Å². The molecule has 2 aromatic heterocycles. The number of unbranched alkanes of at least 4 members (excludes halogenated alkanes) is 3. The summed E-state index contributed by atoms with van der Waals surface area (Å²) in [5.41, 5.74) is 3.93. The van der Waals surface area contributed by atoms with Crippen molar-refractivity contribution in [3.8, 4) is 11.5 Å². The molecule has 0 radical (unpaired) electrons. The number of imidazole rings is 1. The fourth-order valence-electron chi connectivity index (χ4n) is 2.46. The van der Waals surface area contributed by atoms with Gasteiger partial charge in [-0.25, -0.2) is 19.3 Å². The Balaban J connectivity index is 1.86. The van der Waals surface area contributed by atoms with Gasteiger partial charge in [0, 0.05) is 5.38 Å². The van der Waals surface area contributed by atoms with Gasteiger partial charge >= 0.3 is 6.09 Å². The maximum Gasteiger partial charge on any atom is 0.420 e. The third-order valence-electron chi connectivity index (χ3n) is 3.63. The summed E-state index contributed by atoms with van der Waals surface area (Å²) in [5, 5.41) is 1.88. The summed E-state index contributed by atoms with van der Waals surface area (Å²) in [4.78, 5) is 21.4. The largest absolute Gasteiger partial charge is 0.449 e. The number of para-hydroxylation sites is 2. The van der Waals surface area contributed by atoms with Gasteiger partial charge in [-0.15, -0.1) is 11.3 Å². The van der Waals surface area contributed by atoms with E-state index in [0.717, 1.165) is 36.7 Å². The molecule has 23 heavy (non-hydrogen) atoms. The van der Waals surface area contributed by atoms with E-state index in [2.05, 4.69) is 16.9 Å². The van der Waals surface area contributed by atoms with Crippen LogP contribution in [0.2, 0.25) is 0 Å². The quantitative estimate of drug-likeness (QED) is 0.614. The van der Waals surface area contributed by atoms with Crippen molar-refractivity contribution < 1.29 is 9.53 Å². The van der Waals surface area contributed by atoms with Crippen LogP contribution >= 0.6 is 11.3 Å². The zero-order valence-electron chi connectivity index (χ0n) is 13.1. The van der Waals surface area contributed by atoms with E-state index in [1.54, 1.807) is 5.51 Å². The average Bonchev–Trinajstić information content (AvgIpc) is 3.21. The topological polar surface area (TPSA) is 57.0 Å². The number of carbonyl (C=O) groups excluding carboxylic acids is 1. The first-order valence-electron chi connectivity index (χ1n) is 7.84. The molecule has 2 heterocycles. The Bertz CT molecular complexity index is 780. The zero-order valence-corrected chi connectivity index (χ0v) is 13.9. The second-order valence-electron chi connectivity index (χ2n) is 5.31. The molecule has 0 N–H and O–H groups in total. The van der Waals surface area contributed by atoms with Crippen molar-refractivity contribution >= 4 is 28.5 Å². The molecular formula is C17H19N3O2S. The number of fused-ring (bicyclic) bond motifs is 1. The van der Waals surface area contributed by atoms with Crippen molar-refractivity contribution in [2.75, 3.05) is 6.61 Å². The Hall–Kier alpha value is -2.21. The van der Waals surface area contributed by atoms with E-state index in [0.29, 0.717) is 18.1 Å². The van der Waals surface area contributed by atoms with Crippen molar-refractivity contribution in [2.24, 2.45) is 0 Å². The zero-order chi connectivity index (χ0) is 16.1. The van der Waals surface area contributed by atoms with Crippen LogP contribution < -0.4 is 0 Å². The van der Waals surface area contributed by atoms with Crippen LogP contribution in [0.5, 0.6) is 0 Å². The monoisotopic (exact) mass is 329 g/mol. The lowest BCUT2D eigenvalue weighted by atomic mass is 10.2. The molecular weight excluding hydrogens is 310 g/mol. The van der Waals surface area contributed by atoms with Gasteiger partial charge in [-0.1, -0.05) is 38.3 Å². The van der Waals surface area contributed by atoms with Crippen molar-refractivity contribution in [1.82, 2.24) is 14.5 Å². The molecule has 120 valence electrons. The minimum Gasteiger partial charge on any atom is -0.449 e. The second-order valence-corrected chi connectivity index (χ2v) is 6.03. The van der Waals surface area contributed by atoms with Crippen molar-refractivity contribution in [1.29, 1.82) is 0 Å². The van der Waals surface area contributed by atoms with Crippen LogP contribution in [0.25, 0.3) is 22.6 Å². The van der Waals surface area contributed by atoms with Gasteiger partial charge in [0.05, 0.1) is 23.2 Å². The van der Waals surface area contributed by atoms with Crippen LogP contribution in [0, 0.1) is 0 Å². The number of aromatic nitrogens is 3. The summed E-state index contributed by atoms with van der Waals surface area (Å²) in [6.45, 7) is 2.59. The van der Waals surface area contributed by atoms with Gasteiger partial charge in [0.1, 0.15) is 5.69 Å². The first-order chi connectivity index (χ1) is 11.3. The van der Waals surface area contributed by atoms with E-state index in [-0.39, 0.29) is 0 Å². The molecule has 1 aromatic carbocycles. The smallest absolute Gasteiger partial charge is 0.420 e. The van der Waals surface area contributed by atoms with Crippen molar-refractivity contribution in [3.63, 3.8) is 0 Å². The van der Waals surface area contributed by atoms with E-state index in [4.69, 9.17) is 4.74 Å². The third-order valence-corrected chi connectivity index (χ3v) is 4.21. The number of carbonyl (C=O) groups is 1. The molecule has 0 spiro atoms. The molecule has 6 heteroatoms. The van der Waals surface area contributed by atoms with Crippen molar-refractivity contribution in [3.05, 3.63) is 35.2 Å². The predicted octanol–water partition coefficient (Wildman–Crippen LogP) is 4.72. The number of ether oxygens (including phenoxy) is 1. The maximum atomic E-state index is 12.5. The second kappa shape index (κ2) is 7.37. The lowest BCUT2D eigenvalue weighted by Gasteiger charge is -2.08. The molecule has 0 aliphatic rings. The molecule has 5 nitrogen and oxygen atoms in total. The van der Waals surface area contributed by atoms with Crippen LogP contribution in [0.15, 0.2) is 35.2 Å². The molecule has 0 atom stereocenters. The standard InChI is InChI=1S/C17H19N3O2S/c1-2-3-4-7-10-22-17(21)20-15-9-6-5-8-13(15)19-16(20)14-11-23-12-18-14/h5-6,8-9,11-12H,2-4,7,10H2,1H3. The highest BCUT2D eigenvalue weighted by molar-refractivity contribution is 7.07. The van der Waals surface area contributed by atoms with E-state index >= 15 is 0 Å². The maximum absolute atomic E-state index is 12.5. The Morgan fingerprint density at radius 1 is 1.26 bits per heavy atom. The molecule has 0 bridgehead atoms. The summed E-state index contributed by atoms with van der Waals surface area (Å²) in [6, 6.07) is 7.55. The lowest BCUT2D eigenvalue weighted by molar-refractivity contribution is 0.147. The lowest BCUT2D eigenvalue weighted by Crippen LogP contribution is -2.15. The van der Waals surface area contributed by atoms with Gasteiger partial charge < -0.3 is 4.74 Å². The molecule has 3 aromatic rings. The molecule has 0 amide bonds. The average molecular weight is 329 g/mol. The summed E-state index contributed by atoms with van der Waals surface area (Å²) in [5.74, 6) is 0.533. The number of nitrogens with zero attached hydrogens (tertiary/aromatic N) is 3. The van der Waals surface area contributed by atoms with Gasteiger partial charge in [0.2, 0.25) is 0 Å².